The lowest BCUT2D eigenvalue weighted by molar-refractivity contribution is -0.115. The van der Waals surface area contributed by atoms with Crippen LogP contribution in [0.2, 0.25) is 0 Å². The third-order valence-electron chi connectivity index (χ3n) is 2.42. The molecule has 2 N–H and O–H groups in total. The molecule has 0 radical (unpaired) electrons. The Labute approximate surface area is 115 Å². The van der Waals surface area contributed by atoms with Crippen LogP contribution >= 0.6 is 12.4 Å². The zero-order chi connectivity index (χ0) is 12.7. The molecule has 0 fully saturated rings. The molecule has 0 bridgehead atoms. The minimum atomic E-state index is -0.0342. The number of anilines is 1. The molecule has 0 aromatic heterocycles. The third kappa shape index (κ3) is 6.00. The lowest BCUT2D eigenvalue weighted by Crippen LogP contribution is -2.30. The molecule has 5 heteroatoms. The molecule has 18 heavy (non-hydrogen) atoms. The first-order valence-corrected chi connectivity index (χ1v) is 5.70. The van der Waals surface area contributed by atoms with Crippen LogP contribution in [0.3, 0.4) is 0 Å². The van der Waals surface area contributed by atoms with Crippen LogP contribution in [-0.2, 0) is 9.53 Å². The molecule has 102 valence electrons. The van der Waals surface area contributed by atoms with Crippen LogP contribution in [0, 0.1) is 13.8 Å². The molecule has 0 unspecified atom stereocenters. The van der Waals surface area contributed by atoms with Gasteiger partial charge in [0.15, 0.2) is 0 Å². The molecule has 0 aliphatic heterocycles. The van der Waals surface area contributed by atoms with Gasteiger partial charge in [0.2, 0.25) is 5.91 Å². The van der Waals surface area contributed by atoms with E-state index in [1.165, 1.54) is 5.56 Å². The fourth-order valence-electron chi connectivity index (χ4n) is 1.52. The number of hydrogen-bond donors (Lipinski definition) is 2. The van der Waals surface area contributed by atoms with Crippen LogP contribution in [-0.4, -0.2) is 32.7 Å². The largest absolute Gasteiger partial charge is 0.383 e. The molecular formula is C13H21ClN2O2. The van der Waals surface area contributed by atoms with Gasteiger partial charge in [-0.1, -0.05) is 17.7 Å². The summed E-state index contributed by atoms with van der Waals surface area (Å²) in [6.07, 6.45) is 0. The zero-order valence-corrected chi connectivity index (χ0v) is 11.9. The number of ether oxygens (including phenoxy) is 1. The van der Waals surface area contributed by atoms with Crippen LogP contribution in [0.25, 0.3) is 0 Å². The quantitative estimate of drug-likeness (QED) is 0.778. The van der Waals surface area contributed by atoms with Crippen LogP contribution in [0.1, 0.15) is 11.1 Å². The summed E-state index contributed by atoms with van der Waals surface area (Å²) in [6, 6.07) is 5.96. The number of methoxy groups -OCH3 is 1. The molecule has 0 atom stereocenters. The topological polar surface area (TPSA) is 50.4 Å². The van der Waals surface area contributed by atoms with Gasteiger partial charge in [0.05, 0.1) is 13.2 Å². The van der Waals surface area contributed by atoms with E-state index in [4.69, 9.17) is 4.74 Å². The van der Waals surface area contributed by atoms with Gasteiger partial charge >= 0.3 is 0 Å². The lowest BCUT2D eigenvalue weighted by Gasteiger charge is -2.09. The first-order chi connectivity index (χ1) is 8.13. The van der Waals surface area contributed by atoms with Crippen molar-refractivity contribution in [3.05, 3.63) is 29.3 Å². The van der Waals surface area contributed by atoms with E-state index in [1.807, 2.05) is 32.0 Å². The molecule has 0 saturated heterocycles. The number of aryl methyl sites for hydroxylation is 2. The molecule has 1 rings (SSSR count). The van der Waals surface area contributed by atoms with E-state index in [1.54, 1.807) is 7.11 Å². The number of rotatable bonds is 6. The predicted molar refractivity (Wildman–Crippen MR) is 76.5 cm³/mol. The Hall–Kier alpha value is -1.10. The zero-order valence-electron chi connectivity index (χ0n) is 11.1. The molecule has 4 nitrogen and oxygen atoms in total. The highest BCUT2D eigenvalue weighted by molar-refractivity contribution is 5.92. The molecule has 0 spiro atoms. The Morgan fingerprint density at radius 1 is 1.33 bits per heavy atom. The van der Waals surface area contributed by atoms with Gasteiger partial charge in [0.25, 0.3) is 0 Å². The smallest absolute Gasteiger partial charge is 0.238 e. The maximum absolute atomic E-state index is 11.6. The van der Waals surface area contributed by atoms with Gasteiger partial charge in [0, 0.05) is 19.3 Å². The number of nitrogens with one attached hydrogen (secondary N) is 2. The summed E-state index contributed by atoms with van der Waals surface area (Å²) >= 11 is 0. The fourth-order valence-corrected chi connectivity index (χ4v) is 1.52. The summed E-state index contributed by atoms with van der Waals surface area (Å²) < 4.78 is 4.88. The number of carbonyl (C=O) groups is 1. The van der Waals surface area contributed by atoms with Gasteiger partial charge in [0.1, 0.15) is 0 Å². The van der Waals surface area contributed by atoms with E-state index in [0.717, 1.165) is 11.3 Å². The predicted octanol–water partition coefficient (Wildman–Crippen LogP) is 1.90. The summed E-state index contributed by atoms with van der Waals surface area (Å²) in [5.74, 6) is -0.0342. The molecule has 1 aromatic carbocycles. The van der Waals surface area contributed by atoms with Gasteiger partial charge in [-0.2, -0.15) is 0 Å². The number of carbonyl (C=O) groups excluding carboxylic acids is 1. The number of amides is 1. The van der Waals surface area contributed by atoms with Crippen molar-refractivity contribution in [1.29, 1.82) is 0 Å². The third-order valence-corrected chi connectivity index (χ3v) is 2.42. The molecular weight excluding hydrogens is 252 g/mol. The molecule has 0 aliphatic rings. The second-order valence-electron chi connectivity index (χ2n) is 4.04. The van der Waals surface area contributed by atoms with Gasteiger partial charge in [-0.05, 0) is 25.5 Å². The summed E-state index contributed by atoms with van der Waals surface area (Å²) in [5, 5.41) is 5.87. The van der Waals surface area contributed by atoms with E-state index in [9.17, 15) is 4.79 Å². The van der Waals surface area contributed by atoms with Crippen molar-refractivity contribution < 1.29 is 9.53 Å². The molecule has 1 amide bonds. The minimum Gasteiger partial charge on any atom is -0.383 e. The van der Waals surface area contributed by atoms with Crippen molar-refractivity contribution in [2.45, 2.75) is 13.8 Å². The van der Waals surface area contributed by atoms with Crippen LogP contribution in [0.15, 0.2) is 18.2 Å². The van der Waals surface area contributed by atoms with E-state index in [0.29, 0.717) is 19.7 Å². The average Bonchev–Trinajstić information content (AvgIpc) is 2.28. The SMILES string of the molecule is COCCNCC(=O)Nc1ccc(C)cc1C.Cl. The molecule has 0 saturated carbocycles. The second kappa shape index (κ2) is 8.91. The lowest BCUT2D eigenvalue weighted by atomic mass is 10.1. The van der Waals surface area contributed by atoms with E-state index in [2.05, 4.69) is 10.6 Å². The van der Waals surface area contributed by atoms with Crippen LogP contribution in [0.4, 0.5) is 5.69 Å². The highest BCUT2D eigenvalue weighted by Crippen LogP contribution is 2.15. The maximum atomic E-state index is 11.6. The van der Waals surface area contributed by atoms with Crippen LogP contribution < -0.4 is 10.6 Å². The highest BCUT2D eigenvalue weighted by atomic mass is 35.5. The van der Waals surface area contributed by atoms with Crippen molar-refractivity contribution in [2.75, 3.05) is 32.1 Å². The molecule has 1 aromatic rings. The van der Waals surface area contributed by atoms with Crippen LogP contribution in [0.5, 0.6) is 0 Å². The summed E-state index contributed by atoms with van der Waals surface area (Å²) in [5.41, 5.74) is 3.14. The fraction of sp³-hybridized carbons (Fsp3) is 0.462. The van der Waals surface area contributed by atoms with Gasteiger partial charge in [-0.15, -0.1) is 12.4 Å². The van der Waals surface area contributed by atoms with Crippen molar-refractivity contribution in [2.24, 2.45) is 0 Å². The Bertz CT molecular complexity index is 383. The standard InChI is InChI=1S/C13H20N2O2.ClH/c1-10-4-5-12(11(2)8-10)15-13(16)9-14-6-7-17-3;/h4-5,8,14H,6-7,9H2,1-3H3,(H,15,16);1H. The Kier molecular flexibility index (Phi) is 8.37. The van der Waals surface area contributed by atoms with Crippen molar-refractivity contribution in [3.63, 3.8) is 0 Å². The van der Waals surface area contributed by atoms with Crippen molar-refractivity contribution in [3.8, 4) is 0 Å². The summed E-state index contributed by atoms with van der Waals surface area (Å²) in [4.78, 5) is 11.6. The van der Waals surface area contributed by atoms with Gasteiger partial charge in [-0.25, -0.2) is 0 Å². The highest BCUT2D eigenvalue weighted by Gasteiger charge is 2.03. The summed E-state index contributed by atoms with van der Waals surface area (Å²) in [7, 11) is 1.64. The first-order valence-electron chi connectivity index (χ1n) is 5.70. The van der Waals surface area contributed by atoms with Crippen molar-refractivity contribution >= 4 is 24.0 Å². The summed E-state index contributed by atoms with van der Waals surface area (Å²) in [6.45, 7) is 5.61. The molecule has 0 aliphatic carbocycles. The number of benzene rings is 1. The molecule has 0 heterocycles. The minimum absolute atomic E-state index is 0. The van der Waals surface area contributed by atoms with E-state index >= 15 is 0 Å². The van der Waals surface area contributed by atoms with Gasteiger partial charge in [-0.3, -0.25) is 4.79 Å². The normalized spacial score (nSPS) is 9.72. The first kappa shape index (κ1) is 16.9. The monoisotopic (exact) mass is 272 g/mol. The van der Waals surface area contributed by atoms with E-state index < -0.39 is 0 Å². The number of halogens is 1. The van der Waals surface area contributed by atoms with Gasteiger partial charge < -0.3 is 15.4 Å². The Morgan fingerprint density at radius 3 is 2.67 bits per heavy atom. The average molecular weight is 273 g/mol. The Morgan fingerprint density at radius 2 is 2.06 bits per heavy atom. The van der Waals surface area contributed by atoms with Crippen molar-refractivity contribution in [1.82, 2.24) is 5.32 Å². The second-order valence-corrected chi connectivity index (χ2v) is 4.04. The number of hydrogen-bond acceptors (Lipinski definition) is 3. The Balaban J connectivity index is 0.00000289. The van der Waals surface area contributed by atoms with E-state index in [-0.39, 0.29) is 18.3 Å². The maximum Gasteiger partial charge on any atom is 0.238 e.